The molecule has 3 rings (SSSR count). The number of guanidine groups is 1. The van der Waals surface area contributed by atoms with Crippen LogP contribution in [0.4, 0.5) is 13.2 Å². The summed E-state index contributed by atoms with van der Waals surface area (Å²) in [7, 11) is 0. The molecule has 0 bridgehead atoms. The minimum absolute atomic E-state index is 0. The van der Waals surface area contributed by atoms with Crippen molar-refractivity contribution in [3.05, 3.63) is 78.4 Å². The predicted octanol–water partition coefficient (Wildman–Crippen LogP) is 5.22. The van der Waals surface area contributed by atoms with E-state index < -0.39 is 12.6 Å². The Labute approximate surface area is 203 Å². The van der Waals surface area contributed by atoms with Gasteiger partial charge >= 0.3 is 6.18 Å². The lowest BCUT2D eigenvalue weighted by atomic mass is 9.98. The van der Waals surface area contributed by atoms with Gasteiger partial charge in [-0.1, -0.05) is 48.5 Å². The van der Waals surface area contributed by atoms with Gasteiger partial charge in [0.05, 0.1) is 19.3 Å². The molecule has 0 atom stereocenters. The van der Waals surface area contributed by atoms with Crippen LogP contribution in [0, 0.1) is 0 Å². The number of nitrogens with one attached hydrogen (secondary N) is 2. The Morgan fingerprint density at radius 2 is 1.81 bits per heavy atom. The fraction of sp³-hybridized carbons (Fsp3) is 0.304. The summed E-state index contributed by atoms with van der Waals surface area (Å²) in [6.45, 7) is 3.34. The van der Waals surface area contributed by atoms with E-state index in [1.807, 2.05) is 42.0 Å². The second kappa shape index (κ2) is 12.5. The fourth-order valence-electron chi connectivity index (χ4n) is 3.15. The van der Waals surface area contributed by atoms with E-state index in [1.54, 1.807) is 12.5 Å². The van der Waals surface area contributed by atoms with Crippen molar-refractivity contribution in [2.24, 2.45) is 4.99 Å². The summed E-state index contributed by atoms with van der Waals surface area (Å²) in [5.74, 6) is 0.372. The van der Waals surface area contributed by atoms with Crippen LogP contribution in [0.1, 0.15) is 24.5 Å². The zero-order valence-corrected chi connectivity index (χ0v) is 20.1. The van der Waals surface area contributed by atoms with Crippen LogP contribution in [0.2, 0.25) is 0 Å². The van der Waals surface area contributed by atoms with Crippen LogP contribution in [0.25, 0.3) is 11.1 Å². The molecule has 2 aromatic carbocycles. The molecule has 1 heterocycles. The van der Waals surface area contributed by atoms with E-state index in [1.165, 1.54) is 5.56 Å². The van der Waals surface area contributed by atoms with E-state index in [2.05, 4.69) is 44.9 Å². The first kappa shape index (κ1) is 25.7. The van der Waals surface area contributed by atoms with Crippen molar-refractivity contribution in [2.45, 2.75) is 32.6 Å². The molecule has 0 saturated carbocycles. The molecule has 1 aromatic heterocycles. The third-order valence-corrected chi connectivity index (χ3v) is 4.66. The van der Waals surface area contributed by atoms with E-state index >= 15 is 0 Å². The Bertz CT molecular complexity index is 970. The molecule has 0 spiro atoms. The molecule has 0 aliphatic heterocycles. The lowest BCUT2D eigenvalue weighted by molar-refractivity contribution is -0.132. The molecular weight excluding hydrogens is 530 g/mol. The molecular formula is C23H27F3IN5. The summed E-state index contributed by atoms with van der Waals surface area (Å²) in [6.07, 6.45) is 0.364. The van der Waals surface area contributed by atoms with E-state index in [-0.39, 0.29) is 30.5 Å². The first-order valence-electron chi connectivity index (χ1n) is 10.2. The van der Waals surface area contributed by atoms with Crippen LogP contribution in [0.5, 0.6) is 0 Å². The van der Waals surface area contributed by atoms with Crippen molar-refractivity contribution in [1.29, 1.82) is 0 Å². The molecule has 0 radical (unpaired) electrons. The number of rotatable bonds is 8. The molecule has 32 heavy (non-hydrogen) atoms. The third-order valence-electron chi connectivity index (χ3n) is 4.66. The first-order chi connectivity index (χ1) is 14.9. The first-order valence-corrected chi connectivity index (χ1v) is 10.2. The predicted molar refractivity (Wildman–Crippen MR) is 132 cm³/mol. The van der Waals surface area contributed by atoms with Crippen molar-refractivity contribution >= 4 is 29.9 Å². The zero-order valence-electron chi connectivity index (χ0n) is 17.8. The minimum Gasteiger partial charge on any atom is -0.357 e. The number of imidazole rings is 1. The van der Waals surface area contributed by atoms with Gasteiger partial charge in [0.25, 0.3) is 0 Å². The van der Waals surface area contributed by atoms with Crippen molar-refractivity contribution in [3.63, 3.8) is 0 Å². The smallest absolute Gasteiger partial charge is 0.357 e. The highest BCUT2D eigenvalue weighted by Crippen LogP contribution is 2.25. The highest BCUT2D eigenvalue weighted by atomic mass is 127. The molecule has 0 unspecified atom stereocenters. The summed E-state index contributed by atoms with van der Waals surface area (Å²) < 4.78 is 39.2. The number of hydrogen-bond acceptors (Lipinski definition) is 2. The van der Waals surface area contributed by atoms with E-state index in [4.69, 9.17) is 0 Å². The summed E-state index contributed by atoms with van der Waals surface area (Å²) in [5.41, 5.74) is 4.28. The highest BCUT2D eigenvalue weighted by Gasteiger charge is 2.26. The Hall–Kier alpha value is -2.56. The lowest BCUT2D eigenvalue weighted by Gasteiger charge is -2.13. The van der Waals surface area contributed by atoms with Crippen molar-refractivity contribution in [3.8, 4) is 11.1 Å². The topological polar surface area (TPSA) is 54.2 Å². The summed E-state index contributed by atoms with van der Waals surface area (Å²) in [5, 5.41) is 5.74. The zero-order chi connectivity index (χ0) is 22.1. The molecule has 5 nitrogen and oxygen atoms in total. The highest BCUT2D eigenvalue weighted by molar-refractivity contribution is 14.0. The van der Waals surface area contributed by atoms with E-state index in [0.717, 1.165) is 23.2 Å². The van der Waals surface area contributed by atoms with Crippen LogP contribution in [-0.4, -0.2) is 34.8 Å². The number of hydrogen-bond donors (Lipinski definition) is 2. The monoisotopic (exact) mass is 557 g/mol. The van der Waals surface area contributed by atoms with Crippen LogP contribution < -0.4 is 10.6 Å². The van der Waals surface area contributed by atoms with Crippen molar-refractivity contribution < 1.29 is 13.2 Å². The minimum atomic E-state index is -4.19. The number of alkyl halides is 3. The molecule has 3 aromatic rings. The number of halogens is 4. The maximum absolute atomic E-state index is 12.4. The van der Waals surface area contributed by atoms with Crippen LogP contribution in [0.15, 0.2) is 72.2 Å². The fourth-order valence-corrected chi connectivity index (χ4v) is 3.15. The molecule has 172 valence electrons. The standard InChI is InChI=1S/C23H26F3N5.HI/c1-2-28-22(29-12-11-23(24,25)26)30-15-20-5-3-4-6-21(20)19-9-7-18(8-10-19)16-31-14-13-27-17-31;/h3-10,13-14,17H,2,11-12,15-16H2,1H3,(H2,28,29,30);1H. The largest absolute Gasteiger partial charge is 0.390 e. The molecule has 0 aliphatic rings. The molecule has 0 fully saturated rings. The lowest BCUT2D eigenvalue weighted by Crippen LogP contribution is -2.38. The molecule has 0 amide bonds. The molecule has 2 N–H and O–H groups in total. The van der Waals surface area contributed by atoms with Gasteiger partial charge in [0.15, 0.2) is 5.96 Å². The van der Waals surface area contributed by atoms with Crippen molar-refractivity contribution in [2.75, 3.05) is 13.1 Å². The number of aliphatic imine (C=N–C) groups is 1. The third kappa shape index (κ3) is 8.18. The van der Waals surface area contributed by atoms with Gasteiger partial charge in [-0.05, 0) is 29.2 Å². The number of benzene rings is 2. The van der Waals surface area contributed by atoms with Gasteiger partial charge in [0, 0.05) is 32.0 Å². The maximum atomic E-state index is 12.4. The Morgan fingerprint density at radius 1 is 1.06 bits per heavy atom. The average Bonchev–Trinajstić information content (AvgIpc) is 3.25. The summed E-state index contributed by atoms with van der Waals surface area (Å²) >= 11 is 0. The average molecular weight is 557 g/mol. The SMILES string of the molecule is CCNC(=NCc1ccccc1-c1ccc(Cn2ccnc2)cc1)NCCC(F)(F)F.I. The normalized spacial score (nSPS) is 11.7. The van der Waals surface area contributed by atoms with Crippen LogP contribution in [-0.2, 0) is 13.1 Å². The van der Waals surface area contributed by atoms with Gasteiger partial charge in [-0.15, -0.1) is 24.0 Å². The quantitative estimate of drug-likeness (QED) is 0.227. The van der Waals surface area contributed by atoms with Gasteiger partial charge in [0.1, 0.15) is 0 Å². The van der Waals surface area contributed by atoms with Gasteiger partial charge in [-0.3, -0.25) is 0 Å². The molecule has 0 aliphatic carbocycles. The number of nitrogens with zero attached hydrogens (tertiary/aromatic N) is 3. The Kier molecular flexibility index (Phi) is 10.0. The Balaban J connectivity index is 0.00000363. The molecule has 9 heteroatoms. The van der Waals surface area contributed by atoms with Crippen LogP contribution >= 0.6 is 24.0 Å². The Morgan fingerprint density at radius 3 is 2.47 bits per heavy atom. The van der Waals surface area contributed by atoms with Gasteiger partial charge < -0.3 is 15.2 Å². The van der Waals surface area contributed by atoms with E-state index in [0.29, 0.717) is 19.0 Å². The van der Waals surface area contributed by atoms with Crippen molar-refractivity contribution in [1.82, 2.24) is 20.2 Å². The summed E-state index contributed by atoms with van der Waals surface area (Å²) in [6, 6.07) is 16.2. The number of aromatic nitrogens is 2. The second-order valence-corrected chi connectivity index (χ2v) is 7.08. The maximum Gasteiger partial charge on any atom is 0.390 e. The van der Waals surface area contributed by atoms with Gasteiger partial charge in [-0.2, -0.15) is 13.2 Å². The van der Waals surface area contributed by atoms with Gasteiger partial charge in [-0.25, -0.2) is 9.98 Å². The second-order valence-electron chi connectivity index (χ2n) is 7.08. The van der Waals surface area contributed by atoms with Crippen LogP contribution in [0.3, 0.4) is 0 Å². The van der Waals surface area contributed by atoms with E-state index in [9.17, 15) is 13.2 Å². The van der Waals surface area contributed by atoms with Gasteiger partial charge in [0.2, 0.25) is 0 Å². The molecule has 0 saturated heterocycles. The summed E-state index contributed by atoms with van der Waals surface area (Å²) in [4.78, 5) is 8.53.